The van der Waals surface area contributed by atoms with Crippen LogP contribution in [0.25, 0.3) is 0 Å². The maximum Gasteiger partial charge on any atom is 0.255 e. The lowest BCUT2D eigenvalue weighted by molar-refractivity contribution is 0.0746. The summed E-state index contributed by atoms with van der Waals surface area (Å²) in [5.41, 5.74) is 2.46. The molecule has 1 amide bonds. The Kier molecular flexibility index (Phi) is 5.71. The number of halogens is 1. The van der Waals surface area contributed by atoms with E-state index in [9.17, 15) is 9.18 Å². The molecule has 0 aliphatic carbocycles. The summed E-state index contributed by atoms with van der Waals surface area (Å²) >= 11 is 0. The molecule has 26 heavy (non-hydrogen) atoms. The first kappa shape index (κ1) is 18.2. The van der Waals surface area contributed by atoms with Crippen molar-refractivity contribution in [3.8, 4) is 0 Å². The van der Waals surface area contributed by atoms with E-state index in [0.717, 1.165) is 31.0 Å². The Morgan fingerprint density at radius 3 is 2.50 bits per heavy atom. The zero-order chi connectivity index (χ0) is 18.5. The molecule has 1 aliphatic rings. The van der Waals surface area contributed by atoms with E-state index in [0.29, 0.717) is 24.6 Å². The monoisotopic (exact) mass is 356 g/mol. The van der Waals surface area contributed by atoms with Gasteiger partial charge in [-0.15, -0.1) is 0 Å². The minimum atomic E-state index is -0.235. The first-order chi connectivity index (χ1) is 12.5. The van der Waals surface area contributed by atoms with Crippen LogP contribution in [0.5, 0.6) is 0 Å². The Morgan fingerprint density at radius 2 is 1.85 bits per heavy atom. The van der Waals surface area contributed by atoms with Gasteiger partial charge in [-0.1, -0.05) is 13.8 Å². The van der Waals surface area contributed by atoms with E-state index >= 15 is 0 Å². The average molecular weight is 356 g/mol. The lowest BCUT2D eigenvalue weighted by Gasteiger charge is -2.36. The maximum atomic E-state index is 13.1. The van der Waals surface area contributed by atoms with Crippen molar-refractivity contribution in [3.05, 3.63) is 54.1 Å². The molecule has 5 nitrogen and oxygen atoms in total. The molecule has 1 saturated heterocycles. The molecule has 0 bridgehead atoms. The van der Waals surface area contributed by atoms with Crippen LogP contribution >= 0.6 is 0 Å². The van der Waals surface area contributed by atoms with Gasteiger partial charge in [0.25, 0.3) is 5.91 Å². The topological polar surface area (TPSA) is 48.5 Å². The van der Waals surface area contributed by atoms with E-state index in [2.05, 4.69) is 29.0 Å². The fraction of sp³-hybridized carbons (Fsp3) is 0.400. The van der Waals surface area contributed by atoms with Crippen molar-refractivity contribution >= 4 is 17.3 Å². The third kappa shape index (κ3) is 4.50. The Hall–Kier alpha value is -2.63. The van der Waals surface area contributed by atoms with E-state index in [-0.39, 0.29) is 11.7 Å². The molecule has 0 saturated carbocycles. The van der Waals surface area contributed by atoms with E-state index in [4.69, 9.17) is 0 Å². The number of amides is 1. The first-order valence-corrected chi connectivity index (χ1v) is 9.01. The number of pyridine rings is 1. The number of carbonyl (C=O) groups excluding carboxylic acids is 1. The van der Waals surface area contributed by atoms with Crippen molar-refractivity contribution in [1.82, 2.24) is 9.88 Å². The van der Waals surface area contributed by atoms with Crippen LogP contribution in [0.1, 0.15) is 24.2 Å². The third-order valence-corrected chi connectivity index (χ3v) is 4.46. The Balaban J connectivity index is 1.59. The summed E-state index contributed by atoms with van der Waals surface area (Å²) in [5, 5.41) is 3.30. The molecule has 138 valence electrons. The molecule has 0 unspecified atom stereocenters. The number of aromatic nitrogens is 1. The van der Waals surface area contributed by atoms with Crippen LogP contribution < -0.4 is 10.2 Å². The molecular weight excluding hydrogens is 331 g/mol. The summed E-state index contributed by atoms with van der Waals surface area (Å²) in [6.45, 7) is 7.85. The number of nitrogens with zero attached hydrogens (tertiary/aromatic N) is 3. The summed E-state index contributed by atoms with van der Waals surface area (Å²) < 4.78 is 13.1. The van der Waals surface area contributed by atoms with Gasteiger partial charge in [-0.25, -0.2) is 4.39 Å². The highest BCUT2D eigenvalue weighted by molar-refractivity contribution is 5.95. The molecule has 0 spiro atoms. The van der Waals surface area contributed by atoms with Gasteiger partial charge >= 0.3 is 0 Å². The van der Waals surface area contributed by atoms with Crippen molar-refractivity contribution in [3.63, 3.8) is 0 Å². The number of hydrogen-bond acceptors (Lipinski definition) is 4. The van der Waals surface area contributed by atoms with Gasteiger partial charge in [0.05, 0.1) is 11.3 Å². The predicted octanol–water partition coefficient (Wildman–Crippen LogP) is 3.25. The normalized spacial score (nSPS) is 14.6. The molecule has 1 N–H and O–H groups in total. The number of benzene rings is 1. The number of nitrogens with one attached hydrogen (secondary N) is 1. The smallest absolute Gasteiger partial charge is 0.255 e. The fourth-order valence-electron chi connectivity index (χ4n) is 2.98. The van der Waals surface area contributed by atoms with E-state index in [1.807, 2.05) is 11.0 Å². The van der Waals surface area contributed by atoms with Gasteiger partial charge in [-0.05, 0) is 36.2 Å². The van der Waals surface area contributed by atoms with Crippen molar-refractivity contribution in [2.24, 2.45) is 5.92 Å². The molecule has 1 fully saturated rings. The molecule has 1 aromatic heterocycles. The SMILES string of the molecule is CC(C)CNc1cncc(C(=O)N2CCN(c3ccc(F)cc3)CC2)c1. The second-order valence-corrected chi connectivity index (χ2v) is 6.99. The Morgan fingerprint density at radius 1 is 1.15 bits per heavy atom. The highest BCUT2D eigenvalue weighted by atomic mass is 19.1. The molecule has 0 atom stereocenters. The number of anilines is 2. The molecule has 1 aromatic carbocycles. The van der Waals surface area contributed by atoms with Gasteiger partial charge in [0.15, 0.2) is 0 Å². The van der Waals surface area contributed by atoms with Crippen LogP contribution in [0, 0.1) is 11.7 Å². The largest absolute Gasteiger partial charge is 0.384 e. The minimum Gasteiger partial charge on any atom is -0.384 e. The Bertz CT molecular complexity index is 740. The van der Waals surface area contributed by atoms with E-state index < -0.39 is 0 Å². The molecule has 2 aromatic rings. The van der Waals surface area contributed by atoms with Crippen LogP contribution in [0.4, 0.5) is 15.8 Å². The van der Waals surface area contributed by atoms with Crippen molar-refractivity contribution in [2.75, 3.05) is 42.9 Å². The molecule has 1 aliphatic heterocycles. The quantitative estimate of drug-likeness (QED) is 0.893. The maximum absolute atomic E-state index is 13.1. The van der Waals surface area contributed by atoms with Gasteiger partial charge in [-0.3, -0.25) is 9.78 Å². The molecule has 6 heteroatoms. The van der Waals surface area contributed by atoms with E-state index in [1.54, 1.807) is 24.5 Å². The standard InChI is InChI=1S/C20H25FN4O/c1-15(2)12-23-18-11-16(13-22-14-18)20(26)25-9-7-24(8-10-25)19-5-3-17(21)4-6-19/h3-6,11,13-15,23H,7-10,12H2,1-2H3. The lowest BCUT2D eigenvalue weighted by Crippen LogP contribution is -2.48. The number of piperazine rings is 1. The average Bonchev–Trinajstić information content (AvgIpc) is 2.67. The van der Waals surface area contributed by atoms with Crippen molar-refractivity contribution < 1.29 is 9.18 Å². The highest BCUT2D eigenvalue weighted by Crippen LogP contribution is 2.18. The molecule has 2 heterocycles. The molecule has 0 radical (unpaired) electrons. The second-order valence-electron chi connectivity index (χ2n) is 6.99. The molecule has 3 rings (SSSR count). The van der Waals surface area contributed by atoms with Crippen LogP contribution in [-0.2, 0) is 0 Å². The van der Waals surface area contributed by atoms with Crippen LogP contribution in [0.3, 0.4) is 0 Å². The van der Waals surface area contributed by atoms with Crippen LogP contribution in [-0.4, -0.2) is 48.5 Å². The zero-order valence-electron chi connectivity index (χ0n) is 15.3. The zero-order valence-corrected chi connectivity index (χ0v) is 15.3. The number of hydrogen-bond donors (Lipinski definition) is 1. The minimum absolute atomic E-state index is 0.00412. The van der Waals surface area contributed by atoms with Crippen molar-refractivity contribution in [1.29, 1.82) is 0 Å². The highest BCUT2D eigenvalue weighted by Gasteiger charge is 2.22. The first-order valence-electron chi connectivity index (χ1n) is 9.01. The van der Waals surface area contributed by atoms with Gasteiger partial charge in [0.2, 0.25) is 0 Å². The summed E-state index contributed by atoms with van der Waals surface area (Å²) in [4.78, 5) is 21.0. The van der Waals surface area contributed by atoms with Crippen molar-refractivity contribution in [2.45, 2.75) is 13.8 Å². The number of rotatable bonds is 5. The summed E-state index contributed by atoms with van der Waals surface area (Å²) in [6.07, 6.45) is 3.36. The molecular formula is C20H25FN4O. The van der Waals surface area contributed by atoms with Gasteiger partial charge in [-0.2, -0.15) is 0 Å². The predicted molar refractivity (Wildman–Crippen MR) is 102 cm³/mol. The number of carbonyl (C=O) groups is 1. The summed E-state index contributed by atoms with van der Waals surface area (Å²) in [7, 11) is 0. The Labute approximate surface area is 153 Å². The van der Waals surface area contributed by atoms with E-state index in [1.165, 1.54) is 12.1 Å². The van der Waals surface area contributed by atoms with Gasteiger partial charge < -0.3 is 15.1 Å². The lowest BCUT2D eigenvalue weighted by atomic mass is 10.2. The second kappa shape index (κ2) is 8.17. The van der Waals surface area contributed by atoms with Crippen LogP contribution in [0.2, 0.25) is 0 Å². The fourth-order valence-corrected chi connectivity index (χ4v) is 2.98. The third-order valence-electron chi connectivity index (χ3n) is 4.46. The van der Waals surface area contributed by atoms with Gasteiger partial charge in [0, 0.05) is 50.8 Å². The summed E-state index contributed by atoms with van der Waals surface area (Å²) in [6, 6.07) is 8.35. The summed E-state index contributed by atoms with van der Waals surface area (Å²) in [5.74, 6) is 0.291. The van der Waals surface area contributed by atoms with Gasteiger partial charge in [0.1, 0.15) is 5.82 Å². The van der Waals surface area contributed by atoms with Crippen LogP contribution in [0.15, 0.2) is 42.7 Å².